The summed E-state index contributed by atoms with van der Waals surface area (Å²) >= 11 is 0. The molecule has 0 radical (unpaired) electrons. The summed E-state index contributed by atoms with van der Waals surface area (Å²) in [6.45, 7) is 0. The summed E-state index contributed by atoms with van der Waals surface area (Å²) in [4.78, 5) is 0. The van der Waals surface area contributed by atoms with Crippen molar-refractivity contribution in [1.29, 1.82) is 0 Å². The van der Waals surface area contributed by atoms with E-state index >= 15 is 0 Å². The van der Waals surface area contributed by atoms with Gasteiger partial charge in [-0.15, -0.1) is 0 Å². The maximum Gasteiger partial charge on any atom is 0.128 e. The van der Waals surface area contributed by atoms with Crippen molar-refractivity contribution in [3.63, 3.8) is 0 Å². The van der Waals surface area contributed by atoms with Gasteiger partial charge in [0.05, 0.1) is 12.3 Å². The molecule has 0 saturated heterocycles. The van der Waals surface area contributed by atoms with E-state index in [1.807, 2.05) is 18.4 Å². The zero-order valence-corrected chi connectivity index (χ0v) is 7.73. The van der Waals surface area contributed by atoms with Gasteiger partial charge in [-0.1, -0.05) is 6.08 Å². The molecule has 0 aromatic rings. The molecular formula is C12H11NO. The summed E-state index contributed by atoms with van der Waals surface area (Å²) in [6, 6.07) is 0.283. The van der Waals surface area contributed by atoms with E-state index in [4.69, 9.17) is 4.74 Å². The van der Waals surface area contributed by atoms with Crippen molar-refractivity contribution >= 4 is 0 Å². The fourth-order valence-corrected chi connectivity index (χ4v) is 1.90. The van der Waals surface area contributed by atoms with Crippen LogP contribution < -0.4 is 5.32 Å². The average Bonchev–Trinajstić information content (AvgIpc) is 2.26. The van der Waals surface area contributed by atoms with Crippen LogP contribution in [0, 0.1) is 0 Å². The Bertz CT molecular complexity index is 410. The molecule has 3 rings (SSSR count). The third-order valence-corrected chi connectivity index (χ3v) is 2.62. The van der Waals surface area contributed by atoms with Crippen LogP contribution in [0.25, 0.3) is 0 Å². The molecule has 0 bridgehead atoms. The van der Waals surface area contributed by atoms with Gasteiger partial charge in [-0.05, 0) is 48.1 Å². The topological polar surface area (TPSA) is 21.3 Å². The fraction of sp³-hybridized carbons (Fsp3) is 0.167. The maximum atomic E-state index is 5.45. The minimum absolute atomic E-state index is 0.283. The van der Waals surface area contributed by atoms with Gasteiger partial charge in [-0.2, -0.15) is 0 Å². The van der Waals surface area contributed by atoms with Gasteiger partial charge in [0.2, 0.25) is 0 Å². The monoisotopic (exact) mass is 185 g/mol. The van der Waals surface area contributed by atoms with Crippen molar-refractivity contribution in [2.24, 2.45) is 0 Å². The first kappa shape index (κ1) is 7.68. The first-order valence-electron chi connectivity index (χ1n) is 4.81. The molecule has 0 fully saturated rings. The van der Waals surface area contributed by atoms with E-state index in [0.717, 1.165) is 12.2 Å². The number of hydrogen-bond acceptors (Lipinski definition) is 2. The molecule has 1 atom stereocenters. The summed E-state index contributed by atoms with van der Waals surface area (Å²) < 4.78 is 5.45. The van der Waals surface area contributed by atoms with Gasteiger partial charge < -0.3 is 10.1 Å². The zero-order chi connectivity index (χ0) is 9.38. The van der Waals surface area contributed by atoms with E-state index in [2.05, 4.69) is 23.5 Å². The highest BCUT2D eigenvalue weighted by atomic mass is 16.5. The standard InChI is InChI=1S/C12H11NO/c1-3-9-7-10-4-2-6-14-12(10)8-11(9)13-5-1/h1-3,5-8,11,13H,4H2. The van der Waals surface area contributed by atoms with Crippen LogP contribution in [-0.4, -0.2) is 6.04 Å². The van der Waals surface area contributed by atoms with E-state index in [1.54, 1.807) is 6.26 Å². The predicted octanol–water partition coefficient (Wildman–Crippen LogP) is 2.16. The first-order chi connectivity index (χ1) is 6.93. The molecule has 0 aromatic carbocycles. The molecule has 0 spiro atoms. The van der Waals surface area contributed by atoms with Gasteiger partial charge in [0.25, 0.3) is 0 Å². The van der Waals surface area contributed by atoms with E-state index in [9.17, 15) is 0 Å². The molecule has 0 saturated carbocycles. The Labute approximate surface area is 83.0 Å². The minimum Gasteiger partial charge on any atom is -0.465 e. The molecule has 2 aliphatic heterocycles. The third-order valence-electron chi connectivity index (χ3n) is 2.62. The molecule has 1 aliphatic carbocycles. The van der Waals surface area contributed by atoms with Crippen LogP contribution in [0.3, 0.4) is 0 Å². The normalized spacial score (nSPS) is 27.4. The SMILES string of the molecule is C1=CNC2C=C3OC=CCC3=CC2=C1. The quantitative estimate of drug-likeness (QED) is 0.624. The van der Waals surface area contributed by atoms with Crippen LogP contribution in [0.5, 0.6) is 0 Å². The van der Waals surface area contributed by atoms with Crippen molar-refractivity contribution < 1.29 is 4.74 Å². The summed E-state index contributed by atoms with van der Waals surface area (Å²) in [5.41, 5.74) is 2.58. The second kappa shape index (κ2) is 2.91. The van der Waals surface area contributed by atoms with E-state index in [1.165, 1.54) is 11.1 Å². The Morgan fingerprint density at radius 2 is 2.43 bits per heavy atom. The predicted molar refractivity (Wildman–Crippen MR) is 55.2 cm³/mol. The smallest absolute Gasteiger partial charge is 0.128 e. The molecule has 3 aliphatic rings. The lowest BCUT2D eigenvalue weighted by Crippen LogP contribution is -2.28. The van der Waals surface area contributed by atoms with Crippen LogP contribution in [0.1, 0.15) is 6.42 Å². The largest absolute Gasteiger partial charge is 0.465 e. The van der Waals surface area contributed by atoms with Crippen molar-refractivity contribution in [1.82, 2.24) is 5.32 Å². The second-order valence-electron chi connectivity index (χ2n) is 3.56. The average molecular weight is 185 g/mol. The number of rotatable bonds is 0. The van der Waals surface area contributed by atoms with Crippen molar-refractivity contribution in [3.05, 3.63) is 59.7 Å². The van der Waals surface area contributed by atoms with E-state index in [0.29, 0.717) is 0 Å². The van der Waals surface area contributed by atoms with Gasteiger partial charge in [0.1, 0.15) is 5.76 Å². The van der Waals surface area contributed by atoms with Crippen LogP contribution in [-0.2, 0) is 4.74 Å². The van der Waals surface area contributed by atoms with Gasteiger partial charge in [0.15, 0.2) is 0 Å². The maximum absolute atomic E-state index is 5.45. The van der Waals surface area contributed by atoms with Crippen molar-refractivity contribution in [3.8, 4) is 0 Å². The molecule has 70 valence electrons. The Kier molecular flexibility index (Phi) is 1.60. The lowest BCUT2D eigenvalue weighted by molar-refractivity contribution is 0.343. The second-order valence-corrected chi connectivity index (χ2v) is 3.56. The van der Waals surface area contributed by atoms with Crippen LogP contribution in [0.15, 0.2) is 59.7 Å². The summed E-state index contributed by atoms with van der Waals surface area (Å²) in [5, 5.41) is 3.28. The van der Waals surface area contributed by atoms with Crippen molar-refractivity contribution in [2.45, 2.75) is 12.5 Å². The van der Waals surface area contributed by atoms with Crippen LogP contribution in [0.2, 0.25) is 0 Å². The summed E-state index contributed by atoms with van der Waals surface area (Å²) in [5.74, 6) is 0.998. The van der Waals surface area contributed by atoms with E-state index in [-0.39, 0.29) is 6.04 Å². The van der Waals surface area contributed by atoms with Gasteiger partial charge >= 0.3 is 0 Å². The lowest BCUT2D eigenvalue weighted by Gasteiger charge is -2.26. The summed E-state index contributed by atoms with van der Waals surface area (Å²) in [7, 11) is 0. The Hall–Kier alpha value is -1.70. The number of hydrogen-bond donors (Lipinski definition) is 1. The molecular weight excluding hydrogens is 174 g/mol. The highest BCUT2D eigenvalue weighted by Gasteiger charge is 2.21. The highest BCUT2D eigenvalue weighted by molar-refractivity contribution is 5.49. The summed E-state index contributed by atoms with van der Waals surface area (Å²) in [6.07, 6.45) is 15.2. The van der Waals surface area contributed by atoms with Gasteiger partial charge in [0, 0.05) is 0 Å². The van der Waals surface area contributed by atoms with Crippen molar-refractivity contribution in [2.75, 3.05) is 0 Å². The van der Waals surface area contributed by atoms with Gasteiger partial charge in [-0.3, -0.25) is 0 Å². The molecule has 1 N–H and O–H groups in total. The number of allylic oxidation sites excluding steroid dienone is 4. The molecule has 0 amide bonds. The molecule has 1 unspecified atom stereocenters. The van der Waals surface area contributed by atoms with Crippen LogP contribution >= 0.6 is 0 Å². The highest BCUT2D eigenvalue weighted by Crippen LogP contribution is 2.30. The Balaban J connectivity index is 2.03. The Morgan fingerprint density at radius 1 is 1.43 bits per heavy atom. The molecule has 0 aromatic heterocycles. The molecule has 14 heavy (non-hydrogen) atoms. The molecule has 2 heterocycles. The Morgan fingerprint density at radius 3 is 3.43 bits per heavy atom. The van der Waals surface area contributed by atoms with Gasteiger partial charge in [-0.25, -0.2) is 0 Å². The number of nitrogens with one attached hydrogen (secondary N) is 1. The third kappa shape index (κ3) is 1.11. The first-order valence-corrected chi connectivity index (χ1v) is 4.81. The fourth-order valence-electron chi connectivity index (χ4n) is 1.90. The minimum atomic E-state index is 0.283. The van der Waals surface area contributed by atoms with Crippen LogP contribution in [0.4, 0.5) is 0 Å². The number of dihydropyridines is 1. The molecule has 2 heteroatoms. The molecule has 2 nitrogen and oxygen atoms in total. The zero-order valence-electron chi connectivity index (χ0n) is 7.73. The number of fused-ring (bicyclic) bond motifs is 2. The van der Waals surface area contributed by atoms with E-state index < -0.39 is 0 Å². The lowest BCUT2D eigenvalue weighted by atomic mass is 9.92. The number of ether oxygens (including phenoxy) is 1.